The number of pyridine rings is 1. The normalized spacial score (nSPS) is 10.8. The molecule has 1 heterocycles. The van der Waals surface area contributed by atoms with Gasteiger partial charge >= 0.3 is 0 Å². The Morgan fingerprint density at radius 1 is 1.33 bits per heavy atom. The number of ether oxygens (including phenoxy) is 1. The van der Waals surface area contributed by atoms with Crippen molar-refractivity contribution in [3.8, 4) is 5.75 Å². The van der Waals surface area contributed by atoms with Crippen LogP contribution >= 0.6 is 0 Å². The van der Waals surface area contributed by atoms with Gasteiger partial charge in [0.05, 0.1) is 30.1 Å². The maximum Gasteiger partial charge on any atom is 0.296 e. The van der Waals surface area contributed by atoms with Crippen LogP contribution in [0.25, 0.3) is 0 Å². The van der Waals surface area contributed by atoms with E-state index in [4.69, 9.17) is 4.74 Å². The van der Waals surface area contributed by atoms with Gasteiger partial charge in [0.15, 0.2) is 0 Å². The topological polar surface area (TPSA) is 136 Å². The summed E-state index contributed by atoms with van der Waals surface area (Å²) in [5, 5.41) is 17.4. The maximum absolute atomic E-state index is 12.1. The van der Waals surface area contributed by atoms with Gasteiger partial charge in [-0.15, -0.1) is 0 Å². The van der Waals surface area contributed by atoms with Gasteiger partial charge in [-0.25, -0.2) is 5.43 Å². The largest absolute Gasteiger partial charge is 0.496 e. The molecule has 0 bridgehead atoms. The molecule has 27 heavy (non-hydrogen) atoms. The van der Waals surface area contributed by atoms with Crippen LogP contribution in [0.15, 0.2) is 47.8 Å². The second kappa shape index (κ2) is 9.04. The van der Waals surface area contributed by atoms with Gasteiger partial charge in [0.25, 0.3) is 11.6 Å². The van der Waals surface area contributed by atoms with Crippen LogP contribution in [0, 0.1) is 10.1 Å². The first kappa shape index (κ1) is 19.5. The van der Waals surface area contributed by atoms with Crippen molar-refractivity contribution in [1.29, 1.82) is 0 Å². The molecule has 0 fully saturated rings. The molecule has 0 saturated carbocycles. The van der Waals surface area contributed by atoms with E-state index in [0.29, 0.717) is 17.0 Å². The highest BCUT2D eigenvalue weighted by Gasteiger charge is 2.17. The molecule has 0 aliphatic heterocycles. The summed E-state index contributed by atoms with van der Waals surface area (Å²) in [6, 6.07) is 7.28. The average molecular weight is 371 g/mol. The number of aromatic nitrogens is 1. The lowest BCUT2D eigenvalue weighted by Crippen LogP contribution is -2.21. The van der Waals surface area contributed by atoms with Crippen LogP contribution in [0.2, 0.25) is 0 Å². The third-order valence-corrected chi connectivity index (χ3v) is 3.36. The minimum Gasteiger partial charge on any atom is -0.496 e. The molecule has 10 heteroatoms. The molecule has 2 N–H and O–H groups in total. The van der Waals surface area contributed by atoms with Crippen LogP contribution in [0.4, 0.5) is 11.4 Å². The number of benzene rings is 1. The lowest BCUT2D eigenvalue weighted by molar-refractivity contribution is -0.384. The number of rotatable bonds is 7. The van der Waals surface area contributed by atoms with Gasteiger partial charge in [-0.1, -0.05) is 0 Å². The van der Waals surface area contributed by atoms with Gasteiger partial charge in [-0.2, -0.15) is 5.10 Å². The Bertz CT molecular complexity index is 883. The fourth-order valence-corrected chi connectivity index (χ4v) is 2.07. The third kappa shape index (κ3) is 5.59. The Hall–Kier alpha value is -3.82. The maximum atomic E-state index is 12.1. The molecule has 0 atom stereocenters. The van der Waals surface area contributed by atoms with Crippen LogP contribution in [-0.2, 0) is 4.79 Å². The number of nitro benzene ring substituents is 1. The molecule has 2 amide bonds. The number of nitrogens with zero attached hydrogens (tertiary/aromatic N) is 3. The van der Waals surface area contributed by atoms with Crippen molar-refractivity contribution >= 4 is 28.9 Å². The second-order valence-corrected chi connectivity index (χ2v) is 5.39. The summed E-state index contributed by atoms with van der Waals surface area (Å²) >= 11 is 0. The number of amides is 2. The molecule has 1 aromatic carbocycles. The minimum absolute atomic E-state index is 0.0398. The standard InChI is InChI=1S/C17H17N5O5/c1-11(20-21-17(24)12-4-3-7-18-10-12)8-16(23)19-14-6-5-13(27-2)9-15(14)22(25)26/h3-7,9-10H,8H2,1-2H3,(H,19,23)(H,21,24)/b20-11+. The van der Waals surface area contributed by atoms with E-state index in [1.54, 1.807) is 19.1 Å². The Morgan fingerprint density at radius 3 is 2.74 bits per heavy atom. The number of methoxy groups -OCH3 is 1. The van der Waals surface area contributed by atoms with E-state index in [1.165, 1.54) is 37.7 Å². The van der Waals surface area contributed by atoms with Crippen molar-refractivity contribution < 1.29 is 19.2 Å². The van der Waals surface area contributed by atoms with Gasteiger partial charge in [-0.05, 0) is 31.2 Å². The first-order valence-electron chi connectivity index (χ1n) is 7.76. The SMILES string of the molecule is COc1ccc(NC(=O)C/C(C)=N/NC(=O)c2cccnc2)c([N+](=O)[O-])c1. The molecular formula is C17H17N5O5. The van der Waals surface area contributed by atoms with E-state index in [0.717, 1.165) is 0 Å². The summed E-state index contributed by atoms with van der Waals surface area (Å²) in [6.45, 7) is 1.55. The van der Waals surface area contributed by atoms with E-state index in [-0.39, 0.29) is 17.8 Å². The number of hydrogen-bond acceptors (Lipinski definition) is 7. The molecule has 0 radical (unpaired) electrons. The van der Waals surface area contributed by atoms with Crippen LogP contribution in [0.3, 0.4) is 0 Å². The summed E-state index contributed by atoms with van der Waals surface area (Å²) in [7, 11) is 1.39. The van der Waals surface area contributed by atoms with E-state index < -0.39 is 16.7 Å². The first-order valence-corrected chi connectivity index (χ1v) is 7.76. The molecule has 0 spiro atoms. The molecule has 10 nitrogen and oxygen atoms in total. The van der Waals surface area contributed by atoms with Crippen LogP contribution in [0.5, 0.6) is 5.75 Å². The molecule has 2 aromatic rings. The van der Waals surface area contributed by atoms with E-state index >= 15 is 0 Å². The predicted octanol–water partition coefficient (Wildman–Crippen LogP) is 2.13. The molecule has 140 valence electrons. The monoisotopic (exact) mass is 371 g/mol. The predicted molar refractivity (Wildman–Crippen MR) is 97.7 cm³/mol. The lowest BCUT2D eigenvalue weighted by Gasteiger charge is -2.07. The summed E-state index contributed by atoms with van der Waals surface area (Å²) < 4.78 is 4.94. The van der Waals surface area contributed by atoms with Crippen molar-refractivity contribution in [3.05, 3.63) is 58.4 Å². The number of carbonyl (C=O) groups is 2. The highest BCUT2D eigenvalue weighted by molar-refractivity contribution is 6.06. The molecular weight excluding hydrogens is 354 g/mol. The molecule has 0 unspecified atom stereocenters. The number of anilines is 1. The summed E-state index contributed by atoms with van der Waals surface area (Å²) in [6.07, 6.45) is 2.76. The Kier molecular flexibility index (Phi) is 6.53. The van der Waals surface area contributed by atoms with Crippen molar-refractivity contribution in [3.63, 3.8) is 0 Å². The summed E-state index contributed by atoms with van der Waals surface area (Å²) in [5.74, 6) is -0.677. The smallest absolute Gasteiger partial charge is 0.296 e. The molecule has 0 saturated heterocycles. The van der Waals surface area contributed by atoms with Crippen molar-refractivity contribution in [1.82, 2.24) is 10.4 Å². The zero-order valence-corrected chi connectivity index (χ0v) is 14.6. The number of nitro groups is 1. The molecule has 2 rings (SSSR count). The van der Waals surface area contributed by atoms with Crippen molar-refractivity contribution in [2.75, 3.05) is 12.4 Å². The van der Waals surface area contributed by atoms with E-state index in [1.807, 2.05) is 0 Å². The number of hydrazone groups is 1. The van der Waals surface area contributed by atoms with E-state index in [9.17, 15) is 19.7 Å². The molecule has 0 aliphatic carbocycles. The highest BCUT2D eigenvalue weighted by atomic mass is 16.6. The third-order valence-electron chi connectivity index (χ3n) is 3.36. The fraction of sp³-hybridized carbons (Fsp3) is 0.176. The van der Waals surface area contributed by atoms with E-state index in [2.05, 4.69) is 20.8 Å². The zero-order valence-electron chi connectivity index (χ0n) is 14.6. The van der Waals surface area contributed by atoms with Gasteiger partial charge in [0.1, 0.15) is 11.4 Å². The lowest BCUT2D eigenvalue weighted by atomic mass is 10.2. The Balaban J connectivity index is 1.99. The fourth-order valence-electron chi connectivity index (χ4n) is 2.07. The minimum atomic E-state index is -0.618. The number of hydrogen-bond donors (Lipinski definition) is 2. The average Bonchev–Trinajstić information content (AvgIpc) is 2.66. The summed E-state index contributed by atoms with van der Waals surface area (Å²) in [4.78, 5) is 38.3. The van der Waals surface area contributed by atoms with Gasteiger partial charge in [0.2, 0.25) is 5.91 Å². The van der Waals surface area contributed by atoms with Crippen LogP contribution in [-0.4, -0.2) is 34.5 Å². The highest BCUT2D eigenvalue weighted by Crippen LogP contribution is 2.28. The first-order chi connectivity index (χ1) is 12.9. The number of carbonyl (C=O) groups excluding carboxylic acids is 2. The second-order valence-electron chi connectivity index (χ2n) is 5.39. The Labute approximate surface area is 154 Å². The van der Waals surface area contributed by atoms with Gasteiger partial charge < -0.3 is 10.1 Å². The van der Waals surface area contributed by atoms with Gasteiger partial charge in [-0.3, -0.25) is 24.7 Å². The van der Waals surface area contributed by atoms with Gasteiger partial charge in [0, 0.05) is 18.1 Å². The zero-order chi connectivity index (χ0) is 19.8. The van der Waals surface area contributed by atoms with Crippen LogP contribution < -0.4 is 15.5 Å². The van der Waals surface area contributed by atoms with Crippen molar-refractivity contribution in [2.24, 2.45) is 5.10 Å². The van der Waals surface area contributed by atoms with Crippen molar-refractivity contribution in [2.45, 2.75) is 13.3 Å². The van der Waals surface area contributed by atoms with Crippen LogP contribution in [0.1, 0.15) is 23.7 Å². The molecule has 0 aliphatic rings. The Morgan fingerprint density at radius 2 is 2.11 bits per heavy atom. The number of nitrogens with one attached hydrogen (secondary N) is 2. The summed E-state index contributed by atoms with van der Waals surface area (Å²) in [5.41, 5.74) is 2.71. The molecule has 1 aromatic heterocycles. The quantitative estimate of drug-likeness (QED) is 0.435.